The van der Waals surface area contributed by atoms with Crippen molar-refractivity contribution in [2.24, 2.45) is 5.16 Å². The minimum atomic E-state index is 0.591. The Morgan fingerprint density at radius 2 is 2.33 bits per heavy atom. The Morgan fingerprint density at radius 3 is 3.00 bits per heavy atom. The van der Waals surface area contributed by atoms with Gasteiger partial charge in [-0.3, -0.25) is 0 Å². The maximum atomic E-state index is 8.48. The van der Waals surface area contributed by atoms with E-state index in [2.05, 4.69) is 12.1 Å². The molecule has 0 aromatic heterocycles. The number of hydrogen-bond donors (Lipinski definition) is 1. The van der Waals surface area contributed by atoms with Crippen molar-refractivity contribution in [3.63, 3.8) is 0 Å². The highest BCUT2D eigenvalue weighted by atomic mass is 35.5. The van der Waals surface area contributed by atoms with Crippen LogP contribution in [-0.2, 0) is 0 Å². The summed E-state index contributed by atoms with van der Waals surface area (Å²) in [6, 6.07) is 5.22. The molecule has 0 spiro atoms. The fourth-order valence-corrected chi connectivity index (χ4v) is 1.32. The van der Waals surface area contributed by atoms with E-state index in [0.717, 1.165) is 12.8 Å². The van der Waals surface area contributed by atoms with Gasteiger partial charge in [0.1, 0.15) is 5.75 Å². The molecule has 1 aromatic carbocycles. The number of ether oxygens (including phenoxy) is 1. The van der Waals surface area contributed by atoms with E-state index < -0.39 is 0 Å². The first-order chi connectivity index (χ1) is 7.27. The van der Waals surface area contributed by atoms with Gasteiger partial charge in [-0.15, -0.1) is 0 Å². The van der Waals surface area contributed by atoms with E-state index in [-0.39, 0.29) is 0 Å². The monoisotopic (exact) mass is 227 g/mol. The first-order valence-corrected chi connectivity index (χ1v) is 5.25. The highest BCUT2D eigenvalue weighted by Crippen LogP contribution is 2.21. The van der Waals surface area contributed by atoms with Crippen LogP contribution in [0.2, 0.25) is 5.02 Å². The van der Waals surface area contributed by atoms with Crippen LogP contribution >= 0.6 is 11.6 Å². The Kier molecular flexibility index (Phi) is 4.98. The lowest BCUT2D eigenvalue weighted by Crippen LogP contribution is -1.99. The lowest BCUT2D eigenvalue weighted by molar-refractivity contribution is 0.307. The molecule has 0 radical (unpaired) electrons. The van der Waals surface area contributed by atoms with E-state index in [1.807, 2.05) is 0 Å². The summed E-state index contributed by atoms with van der Waals surface area (Å²) in [5.41, 5.74) is 0.682. The van der Waals surface area contributed by atoms with Crippen molar-refractivity contribution in [2.75, 3.05) is 6.61 Å². The topological polar surface area (TPSA) is 41.8 Å². The molecule has 0 aliphatic rings. The molecule has 0 unspecified atom stereocenters. The molecule has 0 saturated heterocycles. The SMILES string of the molecule is CCCCOc1ccc(Cl)cc1/C=N\O. The van der Waals surface area contributed by atoms with Crippen molar-refractivity contribution in [3.8, 4) is 5.75 Å². The van der Waals surface area contributed by atoms with E-state index >= 15 is 0 Å². The molecule has 1 N–H and O–H groups in total. The molecule has 0 bridgehead atoms. The fourth-order valence-electron chi connectivity index (χ4n) is 1.14. The molecule has 0 aliphatic carbocycles. The van der Waals surface area contributed by atoms with Gasteiger partial charge in [-0.25, -0.2) is 0 Å². The van der Waals surface area contributed by atoms with Crippen molar-refractivity contribution in [1.29, 1.82) is 0 Å². The van der Waals surface area contributed by atoms with Gasteiger partial charge in [0.15, 0.2) is 0 Å². The second-order valence-corrected chi connectivity index (χ2v) is 3.57. The van der Waals surface area contributed by atoms with Gasteiger partial charge in [0, 0.05) is 10.6 Å². The van der Waals surface area contributed by atoms with E-state index in [0.29, 0.717) is 22.9 Å². The standard InChI is InChI=1S/C11H14ClNO2/c1-2-3-6-15-11-5-4-10(12)7-9(11)8-13-14/h4-5,7-8,14H,2-3,6H2,1H3/b13-8-. The molecule has 82 valence electrons. The Bertz CT molecular complexity index is 339. The maximum absolute atomic E-state index is 8.48. The summed E-state index contributed by atoms with van der Waals surface area (Å²) >= 11 is 5.82. The molecule has 0 fully saturated rings. The van der Waals surface area contributed by atoms with Gasteiger partial charge in [-0.2, -0.15) is 0 Å². The average Bonchev–Trinajstić information content (AvgIpc) is 2.22. The van der Waals surface area contributed by atoms with Crippen molar-refractivity contribution in [3.05, 3.63) is 28.8 Å². The zero-order valence-electron chi connectivity index (χ0n) is 8.61. The molecule has 4 heteroatoms. The van der Waals surface area contributed by atoms with Crippen molar-refractivity contribution < 1.29 is 9.94 Å². The summed E-state index contributed by atoms with van der Waals surface area (Å²) < 4.78 is 5.52. The number of halogens is 1. The lowest BCUT2D eigenvalue weighted by atomic mass is 10.2. The van der Waals surface area contributed by atoms with Crippen LogP contribution in [0.5, 0.6) is 5.75 Å². The van der Waals surface area contributed by atoms with Gasteiger partial charge in [0.25, 0.3) is 0 Å². The number of hydrogen-bond acceptors (Lipinski definition) is 3. The predicted octanol–water partition coefficient (Wildman–Crippen LogP) is 3.33. The third kappa shape index (κ3) is 3.80. The highest BCUT2D eigenvalue weighted by Gasteiger charge is 2.02. The summed E-state index contributed by atoms with van der Waals surface area (Å²) in [6.45, 7) is 2.76. The van der Waals surface area contributed by atoms with Crippen LogP contribution < -0.4 is 4.74 Å². The van der Waals surface area contributed by atoms with Crippen LogP contribution in [0.25, 0.3) is 0 Å². The van der Waals surface area contributed by atoms with Gasteiger partial charge in [-0.05, 0) is 24.6 Å². The zero-order valence-corrected chi connectivity index (χ0v) is 9.37. The predicted molar refractivity (Wildman–Crippen MR) is 61.2 cm³/mol. The van der Waals surface area contributed by atoms with E-state index in [1.54, 1.807) is 18.2 Å². The van der Waals surface area contributed by atoms with Gasteiger partial charge in [0.2, 0.25) is 0 Å². The van der Waals surface area contributed by atoms with Crippen LogP contribution in [0.3, 0.4) is 0 Å². The average molecular weight is 228 g/mol. The van der Waals surface area contributed by atoms with Crippen LogP contribution in [0.15, 0.2) is 23.4 Å². The molecule has 15 heavy (non-hydrogen) atoms. The van der Waals surface area contributed by atoms with Crippen molar-refractivity contribution in [2.45, 2.75) is 19.8 Å². The molecule has 0 heterocycles. The Morgan fingerprint density at radius 1 is 1.53 bits per heavy atom. The fraction of sp³-hybridized carbons (Fsp3) is 0.364. The second-order valence-electron chi connectivity index (χ2n) is 3.13. The van der Waals surface area contributed by atoms with Crippen molar-refractivity contribution >= 4 is 17.8 Å². The van der Waals surface area contributed by atoms with Gasteiger partial charge in [-0.1, -0.05) is 30.1 Å². The Balaban J connectivity index is 2.76. The van der Waals surface area contributed by atoms with E-state index in [4.69, 9.17) is 21.5 Å². The zero-order chi connectivity index (χ0) is 11.1. The van der Waals surface area contributed by atoms with Gasteiger partial charge < -0.3 is 9.94 Å². The van der Waals surface area contributed by atoms with Crippen molar-refractivity contribution in [1.82, 2.24) is 0 Å². The minimum Gasteiger partial charge on any atom is -0.493 e. The molecule has 1 aromatic rings. The quantitative estimate of drug-likeness (QED) is 0.363. The van der Waals surface area contributed by atoms with Gasteiger partial charge >= 0.3 is 0 Å². The second kappa shape index (κ2) is 6.30. The third-order valence-electron chi connectivity index (χ3n) is 1.92. The number of rotatable bonds is 5. The maximum Gasteiger partial charge on any atom is 0.128 e. The number of nitrogens with zero attached hydrogens (tertiary/aromatic N) is 1. The highest BCUT2D eigenvalue weighted by molar-refractivity contribution is 6.30. The molecule has 0 atom stereocenters. The first-order valence-electron chi connectivity index (χ1n) is 4.87. The summed E-state index contributed by atoms with van der Waals surface area (Å²) in [5.74, 6) is 0.686. The van der Waals surface area contributed by atoms with Crippen LogP contribution in [-0.4, -0.2) is 18.0 Å². The van der Waals surface area contributed by atoms with Crippen LogP contribution in [0.4, 0.5) is 0 Å². The molecule has 3 nitrogen and oxygen atoms in total. The summed E-state index contributed by atoms with van der Waals surface area (Å²) in [6.07, 6.45) is 3.39. The number of oxime groups is 1. The minimum absolute atomic E-state index is 0.591. The number of unbranched alkanes of at least 4 members (excludes halogenated alkanes) is 1. The first kappa shape index (κ1) is 11.9. The molecular weight excluding hydrogens is 214 g/mol. The van der Waals surface area contributed by atoms with Gasteiger partial charge in [0.05, 0.1) is 12.8 Å². The number of benzene rings is 1. The Labute approximate surface area is 94.3 Å². The van der Waals surface area contributed by atoms with Crippen LogP contribution in [0.1, 0.15) is 25.3 Å². The molecule has 0 amide bonds. The smallest absolute Gasteiger partial charge is 0.128 e. The summed E-state index contributed by atoms with van der Waals surface area (Å²) in [5, 5.41) is 12.0. The molecule has 0 saturated carbocycles. The normalized spacial score (nSPS) is 10.8. The Hall–Kier alpha value is -1.22. The summed E-state index contributed by atoms with van der Waals surface area (Å²) in [7, 11) is 0. The molecule has 0 aliphatic heterocycles. The molecule has 1 rings (SSSR count). The molecular formula is C11H14ClNO2. The van der Waals surface area contributed by atoms with Crippen LogP contribution in [0, 0.1) is 0 Å². The third-order valence-corrected chi connectivity index (χ3v) is 2.16. The largest absolute Gasteiger partial charge is 0.493 e. The lowest BCUT2D eigenvalue weighted by Gasteiger charge is -2.08. The summed E-state index contributed by atoms with van der Waals surface area (Å²) in [4.78, 5) is 0. The van der Waals surface area contributed by atoms with E-state index in [9.17, 15) is 0 Å². The van der Waals surface area contributed by atoms with E-state index in [1.165, 1.54) is 6.21 Å².